The molecule has 6 nitrogen and oxygen atoms in total. The van der Waals surface area contributed by atoms with Gasteiger partial charge in [0.2, 0.25) is 5.91 Å². The van der Waals surface area contributed by atoms with Crippen LogP contribution in [0.3, 0.4) is 0 Å². The monoisotopic (exact) mass is 360 g/mol. The minimum absolute atomic E-state index is 0.00496. The van der Waals surface area contributed by atoms with Gasteiger partial charge in [0.15, 0.2) is 5.13 Å². The van der Waals surface area contributed by atoms with E-state index in [0.29, 0.717) is 17.2 Å². The van der Waals surface area contributed by atoms with Gasteiger partial charge >= 0.3 is 0 Å². The van der Waals surface area contributed by atoms with E-state index in [2.05, 4.69) is 20.9 Å². The first-order valence-electron chi connectivity index (χ1n) is 8.28. The first-order valence-corrected chi connectivity index (χ1v) is 9.10. The normalized spacial score (nSPS) is 10.4. The highest BCUT2D eigenvalue weighted by Gasteiger charge is 2.11. The summed E-state index contributed by atoms with van der Waals surface area (Å²) in [4.78, 5) is 28.3. The molecule has 0 saturated heterocycles. The highest BCUT2D eigenvalue weighted by Crippen LogP contribution is 2.20. The Labute approximate surface area is 152 Å². The van der Waals surface area contributed by atoms with Crippen LogP contribution < -0.4 is 16.0 Å². The van der Waals surface area contributed by atoms with E-state index < -0.39 is 0 Å². The fourth-order valence-electron chi connectivity index (χ4n) is 2.35. The van der Waals surface area contributed by atoms with Crippen molar-refractivity contribution in [3.05, 3.63) is 40.4 Å². The van der Waals surface area contributed by atoms with Gasteiger partial charge < -0.3 is 10.6 Å². The maximum Gasteiger partial charge on any atom is 0.257 e. The van der Waals surface area contributed by atoms with Gasteiger partial charge in [-0.3, -0.25) is 14.9 Å². The lowest BCUT2D eigenvalue weighted by Crippen LogP contribution is -2.21. The van der Waals surface area contributed by atoms with Crippen LogP contribution in [0.15, 0.2) is 24.4 Å². The second-order valence-corrected chi connectivity index (χ2v) is 7.11. The number of aryl methyl sites for hydroxylation is 2. The second kappa shape index (κ2) is 9.17. The zero-order valence-electron chi connectivity index (χ0n) is 14.8. The molecule has 0 fully saturated rings. The summed E-state index contributed by atoms with van der Waals surface area (Å²) >= 11 is 1.46. The number of carbonyl (C=O) groups is 2. The molecule has 7 heteroatoms. The third-order valence-electron chi connectivity index (χ3n) is 3.62. The van der Waals surface area contributed by atoms with Crippen LogP contribution in [0.25, 0.3) is 0 Å². The van der Waals surface area contributed by atoms with Crippen molar-refractivity contribution in [2.75, 3.05) is 23.7 Å². The van der Waals surface area contributed by atoms with Gasteiger partial charge in [-0.25, -0.2) is 4.98 Å². The maximum atomic E-state index is 12.3. The molecule has 2 rings (SSSR count). The van der Waals surface area contributed by atoms with Gasteiger partial charge in [-0.05, 0) is 50.5 Å². The lowest BCUT2D eigenvalue weighted by Gasteiger charge is -2.10. The minimum Gasteiger partial charge on any atom is -0.385 e. The van der Waals surface area contributed by atoms with Crippen LogP contribution in [0, 0.1) is 13.8 Å². The van der Waals surface area contributed by atoms with E-state index in [1.807, 2.05) is 32.0 Å². The molecular formula is C18H24N4O2S. The Kier molecular flexibility index (Phi) is 6.94. The largest absolute Gasteiger partial charge is 0.385 e. The number of thiazole rings is 1. The van der Waals surface area contributed by atoms with E-state index in [1.54, 1.807) is 6.20 Å². The highest BCUT2D eigenvalue weighted by atomic mass is 32.1. The fourth-order valence-corrected chi connectivity index (χ4v) is 3.01. The van der Waals surface area contributed by atoms with E-state index in [0.717, 1.165) is 35.5 Å². The minimum atomic E-state index is -0.145. The van der Waals surface area contributed by atoms with Crippen LogP contribution in [0.5, 0.6) is 0 Å². The number of nitrogens with zero attached hydrogens (tertiary/aromatic N) is 1. The number of carbonyl (C=O) groups excluding carboxylic acids is 2. The van der Waals surface area contributed by atoms with Crippen molar-refractivity contribution >= 4 is 34.0 Å². The van der Waals surface area contributed by atoms with E-state index >= 15 is 0 Å². The van der Waals surface area contributed by atoms with Crippen LogP contribution in [-0.2, 0) is 4.79 Å². The average Bonchev–Trinajstić information content (AvgIpc) is 2.95. The number of amides is 2. The molecule has 2 aromatic rings. The summed E-state index contributed by atoms with van der Waals surface area (Å²) in [5.41, 5.74) is 2.54. The topological polar surface area (TPSA) is 83.1 Å². The molecule has 0 aliphatic carbocycles. The lowest BCUT2D eigenvalue weighted by molar-refractivity contribution is -0.118. The first kappa shape index (κ1) is 18.9. The summed E-state index contributed by atoms with van der Waals surface area (Å²) in [5, 5.41) is 9.56. The molecule has 0 atom stereocenters. The summed E-state index contributed by atoms with van der Waals surface area (Å²) < 4.78 is 0. The zero-order valence-corrected chi connectivity index (χ0v) is 15.6. The summed E-state index contributed by atoms with van der Waals surface area (Å²) in [7, 11) is 0. The quantitative estimate of drug-likeness (QED) is 0.631. The van der Waals surface area contributed by atoms with Crippen molar-refractivity contribution in [1.82, 2.24) is 10.3 Å². The van der Waals surface area contributed by atoms with Crippen molar-refractivity contribution in [2.45, 2.75) is 33.6 Å². The number of hydrogen-bond acceptors (Lipinski definition) is 5. The van der Waals surface area contributed by atoms with Crippen molar-refractivity contribution in [2.24, 2.45) is 0 Å². The number of anilines is 2. The molecule has 1 aromatic heterocycles. The van der Waals surface area contributed by atoms with Crippen molar-refractivity contribution < 1.29 is 9.59 Å². The van der Waals surface area contributed by atoms with Gasteiger partial charge in [0.25, 0.3) is 5.91 Å². The molecule has 0 aliphatic heterocycles. The Morgan fingerprint density at radius 3 is 2.56 bits per heavy atom. The highest BCUT2D eigenvalue weighted by molar-refractivity contribution is 7.15. The fraction of sp³-hybridized carbons (Fsp3) is 0.389. The lowest BCUT2D eigenvalue weighted by atomic mass is 10.1. The predicted octanol–water partition coefficient (Wildman–Crippen LogP) is 3.34. The number of aromatic nitrogens is 1. The van der Waals surface area contributed by atoms with Crippen LogP contribution >= 0.6 is 11.3 Å². The summed E-state index contributed by atoms with van der Waals surface area (Å²) in [6.45, 7) is 6.92. The maximum absolute atomic E-state index is 12.3. The summed E-state index contributed by atoms with van der Waals surface area (Å²) in [6, 6.07) is 5.70. The number of hydrogen-bond donors (Lipinski definition) is 3. The number of nitrogens with one attached hydrogen (secondary N) is 3. The molecule has 0 unspecified atom stereocenters. The van der Waals surface area contributed by atoms with E-state index in [1.165, 1.54) is 18.3 Å². The van der Waals surface area contributed by atoms with Crippen LogP contribution in [0.2, 0.25) is 0 Å². The number of benzene rings is 1. The Balaban J connectivity index is 1.83. The Morgan fingerprint density at radius 2 is 1.92 bits per heavy atom. The molecule has 2 amide bonds. The number of rotatable bonds is 8. The van der Waals surface area contributed by atoms with Gasteiger partial charge in [-0.1, -0.05) is 0 Å². The molecule has 25 heavy (non-hydrogen) atoms. The molecule has 0 bridgehead atoms. The molecule has 1 heterocycles. The Hall–Kier alpha value is -2.41. The first-order chi connectivity index (χ1) is 12.0. The van der Waals surface area contributed by atoms with Crippen LogP contribution in [0.1, 0.15) is 40.6 Å². The molecule has 0 spiro atoms. The Bertz CT molecular complexity index is 742. The molecule has 1 aromatic carbocycles. The molecular weight excluding hydrogens is 336 g/mol. The van der Waals surface area contributed by atoms with E-state index in [9.17, 15) is 9.59 Å². The van der Waals surface area contributed by atoms with Crippen LogP contribution in [-0.4, -0.2) is 29.9 Å². The Morgan fingerprint density at radius 1 is 1.16 bits per heavy atom. The molecule has 0 radical (unpaired) electrons. The van der Waals surface area contributed by atoms with Crippen LogP contribution in [0.4, 0.5) is 10.8 Å². The van der Waals surface area contributed by atoms with Crippen molar-refractivity contribution in [3.8, 4) is 0 Å². The molecule has 0 saturated carbocycles. The number of unbranched alkanes of at least 4 members (excludes halogenated alkanes) is 1. The van der Waals surface area contributed by atoms with E-state index in [-0.39, 0.29) is 11.8 Å². The molecule has 134 valence electrons. The molecule has 3 N–H and O–H groups in total. The second-order valence-electron chi connectivity index (χ2n) is 5.88. The summed E-state index contributed by atoms with van der Waals surface area (Å²) in [6.07, 6.45) is 3.64. The zero-order chi connectivity index (χ0) is 18.2. The standard InChI is InChI=1S/C18H24N4O2S/c1-12-10-15(20-9-5-4-8-19-14(3)23)6-7-16(12)17(24)22-18-21-11-13(2)25-18/h6-7,10-11,20H,4-5,8-9H2,1-3H3,(H,19,23)(H,21,22,24). The van der Waals surface area contributed by atoms with Crippen molar-refractivity contribution in [1.29, 1.82) is 0 Å². The smallest absolute Gasteiger partial charge is 0.257 e. The average molecular weight is 360 g/mol. The molecule has 0 aliphatic rings. The predicted molar refractivity (Wildman–Crippen MR) is 102 cm³/mol. The SMILES string of the molecule is CC(=O)NCCCCNc1ccc(C(=O)Nc2ncc(C)s2)c(C)c1. The van der Waals surface area contributed by atoms with Crippen molar-refractivity contribution in [3.63, 3.8) is 0 Å². The van der Waals surface area contributed by atoms with Gasteiger partial charge in [0.05, 0.1) is 0 Å². The summed E-state index contributed by atoms with van der Waals surface area (Å²) in [5.74, 6) is -0.140. The van der Waals surface area contributed by atoms with Gasteiger partial charge in [-0.2, -0.15) is 0 Å². The van der Waals surface area contributed by atoms with Gasteiger partial charge in [0.1, 0.15) is 0 Å². The third kappa shape index (κ3) is 6.19. The third-order valence-corrected chi connectivity index (χ3v) is 4.45. The van der Waals surface area contributed by atoms with Gasteiger partial charge in [-0.15, -0.1) is 11.3 Å². The van der Waals surface area contributed by atoms with E-state index in [4.69, 9.17) is 0 Å². The van der Waals surface area contributed by atoms with Gasteiger partial charge in [0, 0.05) is 42.3 Å².